The van der Waals surface area contributed by atoms with Crippen molar-refractivity contribution >= 4 is 22.3 Å². The average molecular weight is 276 g/mol. The van der Waals surface area contributed by atoms with Crippen LogP contribution in [0.15, 0.2) is 59.3 Å². The van der Waals surface area contributed by atoms with Crippen LogP contribution in [0, 0.1) is 6.92 Å². The van der Waals surface area contributed by atoms with Crippen molar-refractivity contribution in [1.82, 2.24) is 9.61 Å². The van der Waals surface area contributed by atoms with Gasteiger partial charge in [0.1, 0.15) is 5.58 Å². The molecule has 0 aliphatic carbocycles. The molecule has 4 nitrogen and oxygen atoms in total. The summed E-state index contributed by atoms with van der Waals surface area (Å²) in [6.07, 6.45) is 3.39. The number of benzene rings is 1. The molecule has 0 unspecified atom stereocenters. The molecule has 4 aromatic rings. The van der Waals surface area contributed by atoms with Gasteiger partial charge in [-0.3, -0.25) is 4.79 Å². The Hall–Kier alpha value is -2.88. The molecule has 0 bridgehead atoms. The smallest absolute Gasteiger partial charge is 0.232 e. The molecule has 0 aliphatic heterocycles. The van der Waals surface area contributed by atoms with E-state index < -0.39 is 0 Å². The Morgan fingerprint density at radius 1 is 1.19 bits per heavy atom. The molecule has 1 aromatic carbocycles. The lowest BCUT2D eigenvalue weighted by molar-refractivity contribution is 0.101. The van der Waals surface area contributed by atoms with Gasteiger partial charge in [0.15, 0.2) is 5.76 Å². The van der Waals surface area contributed by atoms with Crippen molar-refractivity contribution in [1.29, 1.82) is 0 Å². The van der Waals surface area contributed by atoms with Crippen molar-refractivity contribution in [3.8, 4) is 0 Å². The summed E-state index contributed by atoms with van der Waals surface area (Å²) in [5, 5.41) is 5.13. The lowest BCUT2D eigenvalue weighted by atomic mass is 10.1. The topological polar surface area (TPSA) is 47.5 Å². The summed E-state index contributed by atoms with van der Waals surface area (Å²) >= 11 is 0. The first-order chi connectivity index (χ1) is 10.2. The molecule has 0 spiro atoms. The molecular formula is C17H12N2O2. The van der Waals surface area contributed by atoms with E-state index in [0.29, 0.717) is 11.3 Å². The van der Waals surface area contributed by atoms with Crippen LogP contribution in [-0.2, 0) is 0 Å². The number of nitrogens with zero attached hydrogens (tertiary/aromatic N) is 2. The molecule has 0 saturated heterocycles. The maximum Gasteiger partial charge on any atom is 0.232 e. The molecule has 0 N–H and O–H groups in total. The zero-order valence-corrected chi connectivity index (χ0v) is 11.4. The summed E-state index contributed by atoms with van der Waals surface area (Å²) < 4.78 is 7.35. The molecule has 0 atom stereocenters. The number of aryl methyl sites for hydroxylation is 1. The number of aromatic nitrogens is 2. The third-order valence-electron chi connectivity index (χ3n) is 3.57. The van der Waals surface area contributed by atoms with Gasteiger partial charge in [-0.2, -0.15) is 5.10 Å². The second kappa shape index (κ2) is 4.31. The van der Waals surface area contributed by atoms with Crippen LogP contribution in [0.4, 0.5) is 0 Å². The van der Waals surface area contributed by atoms with Gasteiger partial charge in [-0.1, -0.05) is 17.7 Å². The predicted molar refractivity (Wildman–Crippen MR) is 79.6 cm³/mol. The maximum atomic E-state index is 12.6. The summed E-state index contributed by atoms with van der Waals surface area (Å²) in [6.45, 7) is 2.01. The molecule has 0 fully saturated rings. The molecule has 3 heterocycles. The van der Waals surface area contributed by atoms with Crippen molar-refractivity contribution in [2.24, 2.45) is 0 Å². The first-order valence-electron chi connectivity index (χ1n) is 6.70. The summed E-state index contributed by atoms with van der Waals surface area (Å²) in [6, 6.07) is 13.3. The molecule has 4 rings (SSSR count). The Labute approximate surface area is 120 Å². The molecule has 102 valence electrons. The fourth-order valence-electron chi connectivity index (χ4n) is 2.52. The molecule has 0 aliphatic rings. The highest BCUT2D eigenvalue weighted by Gasteiger charge is 2.18. The Balaban J connectivity index is 1.86. The van der Waals surface area contributed by atoms with Crippen LogP contribution in [0.2, 0.25) is 0 Å². The van der Waals surface area contributed by atoms with Gasteiger partial charge >= 0.3 is 0 Å². The number of carbonyl (C=O) groups excluding carboxylic acids is 1. The number of hydrogen-bond donors (Lipinski definition) is 0. The standard InChI is InChI=1S/C17H12N2O2/c1-11-5-6-15-12(8-11)9-16(21-15)17(20)13-10-18-19-7-3-2-4-14(13)19/h2-10H,1H3. The third-order valence-corrected chi connectivity index (χ3v) is 3.57. The highest BCUT2D eigenvalue weighted by atomic mass is 16.3. The second-order valence-corrected chi connectivity index (χ2v) is 5.07. The van der Waals surface area contributed by atoms with E-state index in [9.17, 15) is 4.79 Å². The third kappa shape index (κ3) is 1.84. The van der Waals surface area contributed by atoms with Crippen molar-refractivity contribution < 1.29 is 9.21 Å². The van der Waals surface area contributed by atoms with Crippen LogP contribution in [0.3, 0.4) is 0 Å². The van der Waals surface area contributed by atoms with Gasteiger partial charge < -0.3 is 4.42 Å². The first kappa shape index (κ1) is 11.9. The fourth-order valence-corrected chi connectivity index (χ4v) is 2.52. The Morgan fingerprint density at radius 2 is 2.10 bits per heavy atom. The van der Waals surface area contributed by atoms with Gasteiger partial charge in [-0.25, -0.2) is 4.52 Å². The number of rotatable bonds is 2. The maximum absolute atomic E-state index is 12.6. The van der Waals surface area contributed by atoms with Crippen molar-refractivity contribution in [3.63, 3.8) is 0 Å². The van der Waals surface area contributed by atoms with Crippen LogP contribution in [-0.4, -0.2) is 15.4 Å². The molecule has 3 aromatic heterocycles. The lowest BCUT2D eigenvalue weighted by Gasteiger charge is -1.95. The molecule has 0 amide bonds. The van der Waals surface area contributed by atoms with Gasteiger partial charge in [0, 0.05) is 11.6 Å². The lowest BCUT2D eigenvalue weighted by Crippen LogP contribution is -1.98. The summed E-state index contributed by atoms with van der Waals surface area (Å²) in [5.74, 6) is 0.194. The fraction of sp³-hybridized carbons (Fsp3) is 0.0588. The van der Waals surface area contributed by atoms with E-state index in [1.807, 2.05) is 49.5 Å². The van der Waals surface area contributed by atoms with Gasteiger partial charge in [-0.05, 0) is 37.3 Å². The minimum Gasteiger partial charge on any atom is -0.453 e. The Bertz CT molecular complexity index is 979. The monoisotopic (exact) mass is 276 g/mol. The Morgan fingerprint density at radius 3 is 3.00 bits per heavy atom. The van der Waals surface area contributed by atoms with E-state index in [0.717, 1.165) is 22.0 Å². The minimum absolute atomic E-state index is 0.148. The van der Waals surface area contributed by atoms with Crippen molar-refractivity contribution in [3.05, 3.63) is 71.7 Å². The highest BCUT2D eigenvalue weighted by molar-refractivity contribution is 6.12. The Kier molecular flexibility index (Phi) is 2.44. The number of ketones is 1. The van der Waals surface area contributed by atoms with Gasteiger partial charge in [-0.15, -0.1) is 0 Å². The van der Waals surface area contributed by atoms with Gasteiger partial charge in [0.05, 0.1) is 17.3 Å². The van der Waals surface area contributed by atoms with E-state index in [2.05, 4.69) is 5.10 Å². The van der Waals surface area contributed by atoms with E-state index in [4.69, 9.17) is 4.42 Å². The van der Waals surface area contributed by atoms with Crippen LogP contribution in [0.1, 0.15) is 21.7 Å². The summed E-state index contributed by atoms with van der Waals surface area (Å²) in [4.78, 5) is 12.6. The first-order valence-corrected chi connectivity index (χ1v) is 6.70. The number of hydrogen-bond acceptors (Lipinski definition) is 3. The summed E-state index contributed by atoms with van der Waals surface area (Å²) in [7, 11) is 0. The van der Waals surface area contributed by atoms with Crippen LogP contribution in [0.5, 0.6) is 0 Å². The second-order valence-electron chi connectivity index (χ2n) is 5.07. The molecule has 0 saturated carbocycles. The number of furan rings is 1. The zero-order chi connectivity index (χ0) is 14.4. The van der Waals surface area contributed by atoms with Crippen molar-refractivity contribution in [2.75, 3.05) is 0 Å². The SMILES string of the molecule is Cc1ccc2oc(C(=O)c3cnn4ccccc34)cc2c1. The number of pyridine rings is 1. The molecule has 21 heavy (non-hydrogen) atoms. The molecule has 0 radical (unpaired) electrons. The quantitative estimate of drug-likeness (QED) is 0.525. The van der Waals surface area contributed by atoms with Gasteiger partial charge in [0.2, 0.25) is 5.78 Å². The summed E-state index contributed by atoms with van der Waals surface area (Å²) in [5.41, 5.74) is 3.18. The highest BCUT2D eigenvalue weighted by Crippen LogP contribution is 2.23. The minimum atomic E-state index is -0.148. The van der Waals surface area contributed by atoms with E-state index >= 15 is 0 Å². The molecular weight excluding hydrogens is 264 g/mol. The largest absolute Gasteiger partial charge is 0.453 e. The predicted octanol–water partition coefficient (Wildman–Crippen LogP) is 3.62. The number of fused-ring (bicyclic) bond motifs is 2. The van der Waals surface area contributed by atoms with E-state index in [1.54, 1.807) is 16.8 Å². The zero-order valence-electron chi connectivity index (χ0n) is 11.4. The van der Waals surface area contributed by atoms with E-state index in [-0.39, 0.29) is 5.78 Å². The number of carbonyl (C=O) groups is 1. The van der Waals surface area contributed by atoms with Crippen LogP contribution >= 0.6 is 0 Å². The van der Waals surface area contributed by atoms with Crippen molar-refractivity contribution in [2.45, 2.75) is 6.92 Å². The normalized spacial score (nSPS) is 11.3. The van der Waals surface area contributed by atoms with Crippen LogP contribution < -0.4 is 0 Å². The van der Waals surface area contributed by atoms with Crippen LogP contribution in [0.25, 0.3) is 16.5 Å². The molecule has 4 heteroatoms. The van der Waals surface area contributed by atoms with Gasteiger partial charge in [0.25, 0.3) is 0 Å². The van der Waals surface area contributed by atoms with E-state index in [1.165, 1.54) is 0 Å². The average Bonchev–Trinajstić information content (AvgIpc) is 3.09.